The first-order valence-electron chi connectivity index (χ1n) is 7.45. The number of piperidine rings is 1. The van der Waals surface area contributed by atoms with Gasteiger partial charge in [-0.1, -0.05) is 12.1 Å². The van der Waals surface area contributed by atoms with Crippen molar-refractivity contribution in [1.82, 2.24) is 10.2 Å². The summed E-state index contributed by atoms with van der Waals surface area (Å²) in [7, 11) is 1.78. The molecule has 0 aliphatic carbocycles. The maximum atomic E-state index is 12.4. The van der Waals surface area contributed by atoms with Crippen molar-refractivity contribution in [1.29, 1.82) is 0 Å². The summed E-state index contributed by atoms with van der Waals surface area (Å²) in [5.41, 5.74) is 0.412. The van der Waals surface area contributed by atoms with E-state index in [1.165, 1.54) is 12.1 Å². The Hall–Kier alpha value is -2.34. The molecular weight excluding hydrogens is 312 g/mol. The Morgan fingerprint density at radius 3 is 2.87 bits per heavy atom. The maximum absolute atomic E-state index is 12.4. The van der Waals surface area contributed by atoms with Crippen LogP contribution in [0.4, 0.5) is 0 Å². The number of thiophene rings is 1. The molecule has 1 aromatic carbocycles. The zero-order valence-electron chi connectivity index (χ0n) is 12.7. The van der Waals surface area contributed by atoms with Gasteiger partial charge in [0.25, 0.3) is 5.91 Å². The van der Waals surface area contributed by atoms with Crippen molar-refractivity contribution < 1.29 is 14.7 Å². The quantitative estimate of drug-likeness (QED) is 0.909. The number of likely N-dealkylation sites (tertiary alicyclic amines) is 1. The van der Waals surface area contributed by atoms with Crippen LogP contribution >= 0.6 is 11.3 Å². The first-order valence-corrected chi connectivity index (χ1v) is 8.33. The third kappa shape index (κ3) is 3.22. The maximum Gasteiger partial charge on any atom is 0.251 e. The smallest absolute Gasteiger partial charge is 0.251 e. The van der Waals surface area contributed by atoms with E-state index in [-0.39, 0.29) is 29.6 Å². The molecule has 1 aliphatic rings. The standard InChI is InChI=1S/C17H18N2O3S/c1-19-15(21)8-7-13(16(19)14-6-3-9-23-14)18-17(22)11-4-2-5-12(20)10-11/h2-6,9-10,13,16,20H,7-8H2,1H3,(H,18,22). The summed E-state index contributed by atoms with van der Waals surface area (Å²) in [6.45, 7) is 0. The Morgan fingerprint density at radius 1 is 1.35 bits per heavy atom. The molecule has 6 heteroatoms. The summed E-state index contributed by atoms with van der Waals surface area (Å²) >= 11 is 1.58. The normalized spacial score (nSPS) is 21.3. The van der Waals surface area contributed by atoms with E-state index in [2.05, 4.69) is 5.32 Å². The average molecular weight is 330 g/mol. The van der Waals surface area contributed by atoms with Crippen LogP contribution in [-0.2, 0) is 4.79 Å². The van der Waals surface area contributed by atoms with Gasteiger partial charge in [0.15, 0.2) is 0 Å². The average Bonchev–Trinajstić information content (AvgIpc) is 3.05. The minimum Gasteiger partial charge on any atom is -0.508 e. The van der Waals surface area contributed by atoms with Gasteiger partial charge >= 0.3 is 0 Å². The molecule has 23 heavy (non-hydrogen) atoms. The molecule has 3 rings (SSSR count). The number of carbonyl (C=O) groups excluding carboxylic acids is 2. The number of benzene rings is 1. The van der Waals surface area contributed by atoms with Gasteiger partial charge in [-0.2, -0.15) is 0 Å². The second-order valence-corrected chi connectivity index (χ2v) is 6.61. The second-order valence-electron chi connectivity index (χ2n) is 5.63. The van der Waals surface area contributed by atoms with Crippen LogP contribution < -0.4 is 5.32 Å². The molecule has 2 heterocycles. The van der Waals surface area contributed by atoms with Crippen LogP contribution in [0, 0.1) is 0 Å². The topological polar surface area (TPSA) is 69.6 Å². The Bertz CT molecular complexity index is 714. The highest BCUT2D eigenvalue weighted by Gasteiger charge is 2.36. The number of carbonyl (C=O) groups is 2. The summed E-state index contributed by atoms with van der Waals surface area (Å²) in [4.78, 5) is 27.2. The molecule has 2 amide bonds. The molecule has 1 aliphatic heterocycles. The third-order valence-electron chi connectivity index (χ3n) is 4.12. The molecule has 5 nitrogen and oxygen atoms in total. The Labute approximate surface area is 138 Å². The first kappa shape index (κ1) is 15.6. The highest BCUT2D eigenvalue weighted by molar-refractivity contribution is 7.10. The van der Waals surface area contributed by atoms with Crippen molar-refractivity contribution in [3.8, 4) is 5.75 Å². The van der Waals surface area contributed by atoms with E-state index in [1.807, 2.05) is 17.5 Å². The van der Waals surface area contributed by atoms with Crippen molar-refractivity contribution in [3.05, 3.63) is 52.2 Å². The fourth-order valence-electron chi connectivity index (χ4n) is 2.94. The van der Waals surface area contributed by atoms with Crippen LogP contribution in [0.2, 0.25) is 0 Å². The van der Waals surface area contributed by atoms with Gasteiger partial charge in [0, 0.05) is 23.9 Å². The zero-order valence-corrected chi connectivity index (χ0v) is 13.5. The second kappa shape index (κ2) is 6.42. The minimum absolute atomic E-state index is 0.0587. The SMILES string of the molecule is CN1C(=O)CCC(NC(=O)c2cccc(O)c2)C1c1cccs1. The summed E-state index contributed by atoms with van der Waals surface area (Å²) in [6, 6.07) is 9.89. The number of likely N-dealkylation sites (N-methyl/N-ethyl adjacent to an activating group) is 1. The fraction of sp³-hybridized carbons (Fsp3) is 0.294. The number of hydrogen-bond acceptors (Lipinski definition) is 4. The lowest BCUT2D eigenvalue weighted by Crippen LogP contribution is -2.50. The van der Waals surface area contributed by atoms with Gasteiger partial charge in [0.1, 0.15) is 5.75 Å². The minimum atomic E-state index is -0.241. The van der Waals surface area contributed by atoms with Crippen molar-refractivity contribution in [3.63, 3.8) is 0 Å². The monoisotopic (exact) mass is 330 g/mol. The highest BCUT2D eigenvalue weighted by Crippen LogP contribution is 2.33. The van der Waals surface area contributed by atoms with Gasteiger partial charge in [0.05, 0.1) is 12.1 Å². The summed E-state index contributed by atoms with van der Waals surface area (Å²) < 4.78 is 0. The molecule has 2 atom stereocenters. The Balaban J connectivity index is 1.82. The largest absolute Gasteiger partial charge is 0.508 e. The lowest BCUT2D eigenvalue weighted by Gasteiger charge is -2.38. The van der Waals surface area contributed by atoms with Crippen LogP contribution in [-0.4, -0.2) is 34.9 Å². The number of amides is 2. The molecule has 0 radical (unpaired) electrons. The molecule has 0 spiro atoms. The molecule has 0 bridgehead atoms. The lowest BCUT2D eigenvalue weighted by molar-refractivity contribution is -0.135. The molecule has 120 valence electrons. The molecule has 0 saturated carbocycles. The Kier molecular flexibility index (Phi) is 4.34. The lowest BCUT2D eigenvalue weighted by atomic mass is 9.94. The van der Waals surface area contributed by atoms with Crippen molar-refractivity contribution in [2.45, 2.75) is 24.9 Å². The third-order valence-corrected chi connectivity index (χ3v) is 5.06. The summed E-state index contributed by atoms with van der Waals surface area (Å²) in [5, 5.41) is 14.5. The van der Waals surface area contributed by atoms with E-state index in [0.29, 0.717) is 18.4 Å². The van der Waals surface area contributed by atoms with E-state index in [9.17, 15) is 14.7 Å². The number of aromatic hydroxyl groups is 1. The van der Waals surface area contributed by atoms with Gasteiger partial charge in [-0.25, -0.2) is 0 Å². The molecule has 2 unspecified atom stereocenters. The Morgan fingerprint density at radius 2 is 2.17 bits per heavy atom. The fourth-order valence-corrected chi connectivity index (χ4v) is 3.87. The van der Waals surface area contributed by atoms with Gasteiger partial charge in [-0.15, -0.1) is 11.3 Å². The molecule has 1 saturated heterocycles. The highest BCUT2D eigenvalue weighted by atomic mass is 32.1. The van der Waals surface area contributed by atoms with Gasteiger partial charge in [-0.05, 0) is 36.1 Å². The number of phenolic OH excluding ortho intramolecular Hbond substituents is 1. The number of phenols is 1. The molecular formula is C17H18N2O3S. The predicted octanol–water partition coefficient (Wildman–Crippen LogP) is 2.55. The van der Waals surface area contributed by atoms with Crippen LogP contribution in [0.15, 0.2) is 41.8 Å². The van der Waals surface area contributed by atoms with E-state index in [4.69, 9.17) is 0 Å². The van der Waals surface area contributed by atoms with Crippen LogP contribution in [0.25, 0.3) is 0 Å². The van der Waals surface area contributed by atoms with E-state index in [0.717, 1.165) is 4.88 Å². The van der Waals surface area contributed by atoms with Crippen LogP contribution in [0.3, 0.4) is 0 Å². The first-order chi connectivity index (χ1) is 11.1. The summed E-state index contributed by atoms with van der Waals surface area (Å²) in [5.74, 6) is -0.0927. The molecule has 2 aromatic rings. The van der Waals surface area contributed by atoms with Crippen molar-refractivity contribution >= 4 is 23.2 Å². The number of nitrogens with one attached hydrogen (secondary N) is 1. The van der Waals surface area contributed by atoms with Crippen LogP contribution in [0.5, 0.6) is 5.75 Å². The zero-order chi connectivity index (χ0) is 16.4. The number of hydrogen-bond donors (Lipinski definition) is 2. The van der Waals surface area contributed by atoms with Gasteiger partial charge in [0.2, 0.25) is 5.91 Å². The van der Waals surface area contributed by atoms with Gasteiger partial charge < -0.3 is 15.3 Å². The molecule has 2 N–H and O–H groups in total. The molecule has 1 aromatic heterocycles. The summed E-state index contributed by atoms with van der Waals surface area (Å²) in [6.07, 6.45) is 1.03. The molecule has 1 fully saturated rings. The van der Waals surface area contributed by atoms with Crippen molar-refractivity contribution in [2.24, 2.45) is 0 Å². The number of rotatable bonds is 3. The van der Waals surface area contributed by atoms with Gasteiger partial charge in [-0.3, -0.25) is 9.59 Å². The predicted molar refractivity (Wildman–Crippen MR) is 88.4 cm³/mol. The number of nitrogens with zero attached hydrogens (tertiary/aromatic N) is 1. The van der Waals surface area contributed by atoms with E-state index >= 15 is 0 Å². The van der Waals surface area contributed by atoms with E-state index < -0.39 is 0 Å². The van der Waals surface area contributed by atoms with Crippen LogP contribution in [0.1, 0.15) is 34.1 Å². The van der Waals surface area contributed by atoms with Crippen molar-refractivity contribution in [2.75, 3.05) is 7.05 Å². The van der Waals surface area contributed by atoms with E-state index in [1.54, 1.807) is 35.4 Å².